The van der Waals surface area contributed by atoms with Crippen LogP contribution in [0.1, 0.15) is 27.2 Å². The number of nitrogens with one attached hydrogen (secondary N) is 3. The smallest absolute Gasteiger partial charge is 0.289 e. The highest BCUT2D eigenvalue weighted by Gasteiger charge is 2.28. The summed E-state index contributed by atoms with van der Waals surface area (Å²) in [7, 11) is -2.47. The molecule has 0 aliphatic rings. The summed E-state index contributed by atoms with van der Waals surface area (Å²) in [6.07, 6.45) is 0.663. The maximum atomic E-state index is 11.9. The molecule has 0 fully saturated rings. The average Bonchev–Trinajstić information content (AvgIpc) is 2.42. The number of hydrogen-bond donors (Lipinski definition) is 4. The van der Waals surface area contributed by atoms with E-state index >= 15 is 0 Å². The zero-order chi connectivity index (χ0) is 17.5. The molecule has 0 aromatic carbocycles. The first-order valence-electron chi connectivity index (χ1n) is 6.84. The minimum Gasteiger partial charge on any atom is -0.347 e. The van der Waals surface area contributed by atoms with E-state index in [-0.39, 0.29) is 6.04 Å². The molecule has 5 N–H and O–H groups in total. The summed E-state index contributed by atoms with van der Waals surface area (Å²) in [6, 6.07) is -2.34. The van der Waals surface area contributed by atoms with Gasteiger partial charge in [-0.3, -0.25) is 14.4 Å². The maximum absolute atomic E-state index is 11.9. The second kappa shape index (κ2) is 8.81. The minimum absolute atomic E-state index is 0.160. The van der Waals surface area contributed by atoms with Crippen molar-refractivity contribution in [2.75, 3.05) is 12.8 Å². The molecule has 0 rings (SSSR count). The molecule has 0 saturated heterocycles. The van der Waals surface area contributed by atoms with Gasteiger partial charge in [-0.25, -0.2) is 13.6 Å². The van der Waals surface area contributed by atoms with Gasteiger partial charge in [0, 0.05) is 6.04 Å². The van der Waals surface area contributed by atoms with Crippen molar-refractivity contribution in [1.29, 1.82) is 0 Å². The van der Waals surface area contributed by atoms with E-state index in [1.165, 1.54) is 14.0 Å². The van der Waals surface area contributed by atoms with Gasteiger partial charge in [0.1, 0.15) is 6.04 Å². The van der Waals surface area contributed by atoms with Gasteiger partial charge < -0.3 is 16.0 Å². The lowest BCUT2D eigenvalue weighted by molar-refractivity contribution is -0.140. The molecule has 2 amide bonds. The number of rotatable bonds is 9. The standard InChI is InChI=1S/C12H24N4O5S/c1-5-7(2)15-12(19)10(17)8(3)16-11(18)9(14-4)6-22(13,20)21/h7-9,14H,5-6H2,1-4H3,(H,15,19)(H,16,18)(H2,13,20,21)/t7-,8?,9-/m0/s1. The number of carbonyl (C=O) groups is 3. The lowest BCUT2D eigenvalue weighted by atomic mass is 10.1. The number of likely N-dealkylation sites (N-methyl/N-ethyl adjacent to an activating group) is 1. The Kier molecular flexibility index (Phi) is 8.20. The van der Waals surface area contributed by atoms with Crippen molar-refractivity contribution in [2.24, 2.45) is 5.14 Å². The predicted molar refractivity (Wildman–Crippen MR) is 81.3 cm³/mol. The summed E-state index contributed by atoms with van der Waals surface area (Å²) in [5, 5.41) is 12.2. The number of amides is 2. The van der Waals surface area contributed by atoms with Crippen molar-refractivity contribution in [3.63, 3.8) is 0 Å². The summed E-state index contributed by atoms with van der Waals surface area (Å²) in [6.45, 7) is 4.95. The number of hydrogen-bond acceptors (Lipinski definition) is 6. The third-order valence-corrected chi connectivity index (χ3v) is 3.83. The van der Waals surface area contributed by atoms with Gasteiger partial charge in [0.15, 0.2) is 0 Å². The molecule has 9 nitrogen and oxygen atoms in total. The first-order valence-corrected chi connectivity index (χ1v) is 8.56. The quantitative estimate of drug-likeness (QED) is 0.353. The van der Waals surface area contributed by atoms with E-state index in [9.17, 15) is 22.8 Å². The molecule has 0 heterocycles. The molecule has 0 radical (unpaired) electrons. The highest BCUT2D eigenvalue weighted by molar-refractivity contribution is 7.89. The predicted octanol–water partition coefficient (Wildman–Crippen LogP) is -2.15. The Labute approximate surface area is 130 Å². The van der Waals surface area contributed by atoms with E-state index in [0.717, 1.165) is 0 Å². The Hall–Kier alpha value is -1.52. The van der Waals surface area contributed by atoms with Gasteiger partial charge in [-0.15, -0.1) is 0 Å². The van der Waals surface area contributed by atoms with Crippen molar-refractivity contribution in [3.05, 3.63) is 0 Å². The van der Waals surface area contributed by atoms with Crippen LogP contribution < -0.4 is 21.1 Å². The molecule has 0 spiro atoms. The van der Waals surface area contributed by atoms with Crippen LogP contribution in [0, 0.1) is 0 Å². The summed E-state index contributed by atoms with van der Waals surface area (Å²) < 4.78 is 22.0. The molecule has 0 bridgehead atoms. The van der Waals surface area contributed by atoms with Crippen LogP contribution in [0.25, 0.3) is 0 Å². The van der Waals surface area contributed by atoms with E-state index in [4.69, 9.17) is 5.14 Å². The Balaban J connectivity index is 4.68. The van der Waals surface area contributed by atoms with Gasteiger partial charge in [0.05, 0.1) is 11.8 Å². The number of sulfonamides is 1. The fraction of sp³-hybridized carbons (Fsp3) is 0.750. The normalized spacial score (nSPS) is 15.5. The number of carbonyl (C=O) groups excluding carboxylic acids is 3. The number of Topliss-reactive ketones (excluding diaryl/α,β-unsaturated/α-hetero) is 1. The highest BCUT2D eigenvalue weighted by Crippen LogP contribution is 1.94. The maximum Gasteiger partial charge on any atom is 0.289 e. The zero-order valence-corrected chi connectivity index (χ0v) is 14.0. The third kappa shape index (κ3) is 7.48. The molecule has 0 aromatic rings. The van der Waals surface area contributed by atoms with E-state index in [2.05, 4.69) is 16.0 Å². The van der Waals surface area contributed by atoms with Gasteiger partial charge >= 0.3 is 0 Å². The van der Waals surface area contributed by atoms with Crippen LogP contribution in [-0.4, -0.2) is 56.9 Å². The summed E-state index contributed by atoms with van der Waals surface area (Å²) in [5.41, 5.74) is 0. The van der Waals surface area contributed by atoms with E-state index in [1.54, 1.807) is 6.92 Å². The van der Waals surface area contributed by atoms with Gasteiger partial charge in [0.2, 0.25) is 21.7 Å². The zero-order valence-electron chi connectivity index (χ0n) is 13.2. The van der Waals surface area contributed by atoms with E-state index in [0.29, 0.717) is 6.42 Å². The van der Waals surface area contributed by atoms with Crippen molar-refractivity contribution >= 4 is 27.6 Å². The first-order chi connectivity index (χ1) is 10.0. The monoisotopic (exact) mass is 336 g/mol. The van der Waals surface area contributed by atoms with Crippen LogP contribution in [0.15, 0.2) is 0 Å². The van der Waals surface area contributed by atoms with E-state index < -0.39 is 45.5 Å². The molecule has 1 unspecified atom stereocenters. The molecular weight excluding hydrogens is 312 g/mol. The molecule has 0 saturated carbocycles. The van der Waals surface area contributed by atoms with Crippen molar-refractivity contribution in [3.8, 4) is 0 Å². The van der Waals surface area contributed by atoms with Crippen molar-refractivity contribution in [2.45, 2.75) is 45.3 Å². The molecule has 0 aromatic heterocycles. The summed E-state index contributed by atoms with van der Waals surface area (Å²) in [4.78, 5) is 35.4. The number of nitrogens with two attached hydrogens (primary N) is 1. The van der Waals surface area contributed by atoms with E-state index in [1.807, 2.05) is 6.92 Å². The first kappa shape index (κ1) is 20.5. The Bertz CT molecular complexity index is 520. The van der Waals surface area contributed by atoms with Gasteiger partial charge in [-0.05, 0) is 27.3 Å². The van der Waals surface area contributed by atoms with Crippen LogP contribution in [0.2, 0.25) is 0 Å². The Morgan fingerprint density at radius 2 is 1.68 bits per heavy atom. The third-order valence-electron chi connectivity index (χ3n) is 3.03. The Morgan fingerprint density at radius 3 is 2.09 bits per heavy atom. The molecule has 0 aliphatic carbocycles. The van der Waals surface area contributed by atoms with Crippen LogP contribution >= 0.6 is 0 Å². The number of primary sulfonamides is 1. The Morgan fingerprint density at radius 1 is 1.14 bits per heavy atom. The second-order valence-corrected chi connectivity index (χ2v) is 6.71. The average molecular weight is 336 g/mol. The molecule has 128 valence electrons. The molecule has 3 atom stereocenters. The van der Waals surface area contributed by atoms with Gasteiger partial charge in [-0.1, -0.05) is 6.92 Å². The molecule has 22 heavy (non-hydrogen) atoms. The topological polar surface area (TPSA) is 147 Å². The fourth-order valence-electron chi connectivity index (χ4n) is 1.50. The minimum atomic E-state index is -3.86. The summed E-state index contributed by atoms with van der Waals surface area (Å²) in [5.74, 6) is -2.95. The molecule has 0 aliphatic heterocycles. The fourth-order valence-corrected chi connectivity index (χ4v) is 2.28. The van der Waals surface area contributed by atoms with Crippen LogP contribution in [0.4, 0.5) is 0 Å². The lowest BCUT2D eigenvalue weighted by Gasteiger charge is -2.19. The van der Waals surface area contributed by atoms with Crippen LogP contribution in [0.3, 0.4) is 0 Å². The van der Waals surface area contributed by atoms with Crippen LogP contribution in [-0.2, 0) is 24.4 Å². The van der Waals surface area contributed by atoms with Crippen LogP contribution in [0.5, 0.6) is 0 Å². The largest absolute Gasteiger partial charge is 0.347 e. The van der Waals surface area contributed by atoms with Gasteiger partial charge in [0.25, 0.3) is 5.91 Å². The highest BCUT2D eigenvalue weighted by atomic mass is 32.2. The SMILES string of the molecule is CC[C@H](C)NC(=O)C(=O)C(C)NC(=O)[C@H](CS(N)(=O)=O)NC. The van der Waals surface area contributed by atoms with Crippen molar-refractivity contribution < 1.29 is 22.8 Å². The van der Waals surface area contributed by atoms with Crippen molar-refractivity contribution in [1.82, 2.24) is 16.0 Å². The molecule has 10 heteroatoms. The molecular formula is C12H24N4O5S. The lowest BCUT2D eigenvalue weighted by Crippen LogP contribution is -2.54. The second-order valence-electron chi connectivity index (χ2n) is 5.05. The van der Waals surface area contributed by atoms with Gasteiger partial charge in [-0.2, -0.15) is 0 Å². The summed E-state index contributed by atoms with van der Waals surface area (Å²) >= 11 is 0. The number of ketones is 1.